The van der Waals surface area contributed by atoms with Gasteiger partial charge in [-0.05, 0) is 43.3 Å². The Morgan fingerprint density at radius 2 is 2.11 bits per heavy atom. The summed E-state index contributed by atoms with van der Waals surface area (Å²) in [4.78, 5) is 0.468. The summed E-state index contributed by atoms with van der Waals surface area (Å²) < 4.78 is 15.6. The maximum Gasteiger partial charge on any atom is 0.195 e. The van der Waals surface area contributed by atoms with E-state index in [2.05, 4.69) is 10.2 Å². The first-order valence-corrected chi connectivity index (χ1v) is 6.32. The Kier molecular flexibility index (Phi) is 3.68. The van der Waals surface area contributed by atoms with Crippen LogP contribution >= 0.6 is 11.8 Å². The van der Waals surface area contributed by atoms with Crippen molar-refractivity contribution in [2.24, 2.45) is 7.05 Å². The van der Waals surface area contributed by atoms with E-state index in [-0.39, 0.29) is 5.82 Å². The zero-order chi connectivity index (χ0) is 13.3. The van der Waals surface area contributed by atoms with Gasteiger partial charge in [-0.3, -0.25) is 0 Å². The quantitative estimate of drug-likeness (QED) is 0.928. The molecule has 1 heterocycles. The molecule has 96 valence electrons. The standard InChI is InChI=1S/C12H14FN3OS/c1-7(17)9-4-5-11(10(13)6-9)18-12-15-14-8(2)16(12)3/h4-7,17H,1-3H3/t7-/m0/s1. The van der Waals surface area contributed by atoms with Gasteiger partial charge in [-0.2, -0.15) is 0 Å². The number of benzene rings is 1. The molecule has 0 aliphatic rings. The van der Waals surface area contributed by atoms with Gasteiger partial charge < -0.3 is 9.67 Å². The molecule has 1 N–H and O–H groups in total. The first-order valence-electron chi connectivity index (χ1n) is 5.50. The monoisotopic (exact) mass is 267 g/mol. The minimum atomic E-state index is -0.671. The highest BCUT2D eigenvalue weighted by Gasteiger charge is 2.12. The second-order valence-electron chi connectivity index (χ2n) is 4.06. The molecular weight excluding hydrogens is 253 g/mol. The Bertz CT molecular complexity index is 568. The summed E-state index contributed by atoms with van der Waals surface area (Å²) in [6.07, 6.45) is -0.671. The normalized spacial score (nSPS) is 12.7. The van der Waals surface area contributed by atoms with E-state index in [1.165, 1.54) is 17.8 Å². The first-order chi connectivity index (χ1) is 8.49. The van der Waals surface area contributed by atoms with E-state index < -0.39 is 6.10 Å². The number of hydrogen-bond acceptors (Lipinski definition) is 4. The molecule has 0 bridgehead atoms. The van der Waals surface area contributed by atoms with Crippen LogP contribution in [0.5, 0.6) is 0 Å². The fourth-order valence-corrected chi connectivity index (χ4v) is 2.27. The van der Waals surface area contributed by atoms with Crippen LogP contribution in [0.2, 0.25) is 0 Å². The molecule has 0 aliphatic carbocycles. The van der Waals surface area contributed by atoms with E-state index >= 15 is 0 Å². The van der Waals surface area contributed by atoms with E-state index in [4.69, 9.17) is 0 Å². The van der Waals surface area contributed by atoms with Crippen molar-refractivity contribution < 1.29 is 9.50 Å². The van der Waals surface area contributed by atoms with Gasteiger partial charge in [-0.25, -0.2) is 4.39 Å². The Balaban J connectivity index is 2.27. The number of aliphatic hydroxyl groups is 1. The van der Waals surface area contributed by atoms with Crippen molar-refractivity contribution in [2.45, 2.75) is 30.0 Å². The molecule has 2 rings (SSSR count). The zero-order valence-electron chi connectivity index (χ0n) is 10.4. The highest BCUT2D eigenvalue weighted by molar-refractivity contribution is 7.99. The summed E-state index contributed by atoms with van der Waals surface area (Å²) in [6.45, 7) is 3.44. The molecule has 0 saturated heterocycles. The number of aromatic nitrogens is 3. The molecule has 0 radical (unpaired) electrons. The second-order valence-corrected chi connectivity index (χ2v) is 5.07. The lowest BCUT2D eigenvalue weighted by molar-refractivity contribution is 0.198. The van der Waals surface area contributed by atoms with Crippen LogP contribution in [0.4, 0.5) is 4.39 Å². The third kappa shape index (κ3) is 2.54. The SMILES string of the molecule is Cc1nnc(Sc2ccc([C@H](C)O)cc2F)n1C. The number of nitrogens with zero attached hydrogens (tertiary/aromatic N) is 3. The highest BCUT2D eigenvalue weighted by atomic mass is 32.2. The van der Waals surface area contributed by atoms with E-state index in [0.717, 1.165) is 5.82 Å². The van der Waals surface area contributed by atoms with Gasteiger partial charge in [-0.15, -0.1) is 10.2 Å². The van der Waals surface area contributed by atoms with Gasteiger partial charge in [0.1, 0.15) is 11.6 Å². The summed E-state index contributed by atoms with van der Waals surface area (Å²) in [6, 6.07) is 4.70. The van der Waals surface area contributed by atoms with Crippen LogP contribution in [0, 0.1) is 12.7 Å². The van der Waals surface area contributed by atoms with Crippen LogP contribution in [0.1, 0.15) is 24.4 Å². The lowest BCUT2D eigenvalue weighted by Gasteiger charge is -2.07. The second kappa shape index (κ2) is 5.07. The minimum Gasteiger partial charge on any atom is -0.389 e. The van der Waals surface area contributed by atoms with Gasteiger partial charge in [0.05, 0.1) is 11.0 Å². The number of aliphatic hydroxyl groups excluding tert-OH is 1. The fourth-order valence-electron chi connectivity index (χ4n) is 1.43. The molecule has 1 aromatic carbocycles. The molecule has 18 heavy (non-hydrogen) atoms. The average Bonchev–Trinajstić information content (AvgIpc) is 2.63. The maximum atomic E-state index is 13.8. The number of rotatable bonds is 3. The van der Waals surface area contributed by atoms with Crippen molar-refractivity contribution >= 4 is 11.8 Å². The largest absolute Gasteiger partial charge is 0.389 e. The fraction of sp³-hybridized carbons (Fsp3) is 0.333. The number of halogens is 1. The van der Waals surface area contributed by atoms with Crippen LogP contribution in [0.3, 0.4) is 0 Å². The Morgan fingerprint density at radius 1 is 1.39 bits per heavy atom. The lowest BCUT2D eigenvalue weighted by atomic mass is 10.1. The van der Waals surface area contributed by atoms with E-state index in [1.807, 2.05) is 14.0 Å². The molecule has 0 spiro atoms. The zero-order valence-corrected chi connectivity index (χ0v) is 11.2. The molecule has 4 nitrogen and oxygen atoms in total. The minimum absolute atomic E-state index is 0.362. The number of hydrogen-bond donors (Lipinski definition) is 1. The summed E-state index contributed by atoms with van der Waals surface area (Å²) in [5.74, 6) is 0.414. The van der Waals surface area contributed by atoms with Crippen molar-refractivity contribution in [3.8, 4) is 0 Å². The molecule has 1 aromatic heterocycles. The van der Waals surface area contributed by atoms with E-state index in [1.54, 1.807) is 23.6 Å². The van der Waals surface area contributed by atoms with Gasteiger partial charge in [0.25, 0.3) is 0 Å². The van der Waals surface area contributed by atoms with E-state index in [9.17, 15) is 9.50 Å². The Labute approximate surface area is 109 Å². The van der Waals surface area contributed by atoms with Crippen LogP contribution in [0.25, 0.3) is 0 Å². The lowest BCUT2D eigenvalue weighted by Crippen LogP contribution is -1.95. The van der Waals surface area contributed by atoms with Gasteiger partial charge in [-0.1, -0.05) is 6.07 Å². The first kappa shape index (κ1) is 13.0. The topological polar surface area (TPSA) is 50.9 Å². The average molecular weight is 267 g/mol. The smallest absolute Gasteiger partial charge is 0.195 e. The highest BCUT2D eigenvalue weighted by Crippen LogP contribution is 2.29. The Morgan fingerprint density at radius 3 is 2.61 bits per heavy atom. The summed E-state index contributed by atoms with van der Waals surface area (Å²) in [5, 5.41) is 17.9. The maximum absolute atomic E-state index is 13.8. The van der Waals surface area contributed by atoms with E-state index in [0.29, 0.717) is 15.6 Å². The molecule has 0 amide bonds. The van der Waals surface area contributed by atoms with Crippen LogP contribution < -0.4 is 0 Å². The van der Waals surface area contributed by atoms with Gasteiger partial charge >= 0.3 is 0 Å². The third-order valence-corrected chi connectivity index (χ3v) is 3.78. The van der Waals surface area contributed by atoms with Gasteiger partial charge in [0, 0.05) is 7.05 Å². The summed E-state index contributed by atoms with van der Waals surface area (Å²) >= 11 is 1.21. The molecule has 0 unspecified atom stereocenters. The van der Waals surface area contributed by atoms with Gasteiger partial charge in [0.2, 0.25) is 0 Å². The van der Waals surface area contributed by atoms with Crippen LogP contribution in [0.15, 0.2) is 28.3 Å². The summed E-state index contributed by atoms with van der Waals surface area (Å²) in [7, 11) is 1.83. The molecule has 6 heteroatoms. The van der Waals surface area contributed by atoms with Crippen molar-refractivity contribution in [1.82, 2.24) is 14.8 Å². The molecule has 0 fully saturated rings. The molecule has 0 aliphatic heterocycles. The molecule has 0 saturated carbocycles. The number of aryl methyl sites for hydroxylation is 1. The molecule has 2 aromatic rings. The predicted molar refractivity (Wildman–Crippen MR) is 66.9 cm³/mol. The molecule has 1 atom stereocenters. The van der Waals surface area contributed by atoms with Gasteiger partial charge in [0.15, 0.2) is 5.16 Å². The van der Waals surface area contributed by atoms with Crippen molar-refractivity contribution in [3.05, 3.63) is 35.4 Å². The summed E-state index contributed by atoms with van der Waals surface area (Å²) in [5.41, 5.74) is 0.561. The van der Waals surface area contributed by atoms with Crippen LogP contribution in [-0.4, -0.2) is 19.9 Å². The Hall–Kier alpha value is -1.40. The van der Waals surface area contributed by atoms with Crippen molar-refractivity contribution in [3.63, 3.8) is 0 Å². The van der Waals surface area contributed by atoms with Crippen LogP contribution in [-0.2, 0) is 7.05 Å². The van der Waals surface area contributed by atoms with Crippen molar-refractivity contribution in [2.75, 3.05) is 0 Å². The third-order valence-electron chi connectivity index (χ3n) is 2.69. The van der Waals surface area contributed by atoms with Crippen molar-refractivity contribution in [1.29, 1.82) is 0 Å². The predicted octanol–water partition coefficient (Wildman–Crippen LogP) is 2.47. The molecular formula is C12H14FN3OS.